The van der Waals surface area contributed by atoms with E-state index < -0.39 is 0 Å². The first-order valence-electron chi connectivity index (χ1n) is 6.83. The number of nitrogens with zero attached hydrogens (tertiary/aromatic N) is 2. The van der Waals surface area contributed by atoms with Crippen molar-refractivity contribution in [2.24, 2.45) is 10.7 Å². The molecule has 0 aliphatic heterocycles. The molecule has 2 aromatic rings. The van der Waals surface area contributed by atoms with Crippen LogP contribution in [0.5, 0.6) is 5.75 Å². The highest BCUT2D eigenvalue weighted by Gasteiger charge is 2.04. The Balaban J connectivity index is 0.00000264. The number of hydrogen-bond acceptors (Lipinski definition) is 4. The van der Waals surface area contributed by atoms with Crippen molar-refractivity contribution in [2.75, 3.05) is 19.0 Å². The molecule has 1 aromatic carbocycles. The molecule has 0 amide bonds. The van der Waals surface area contributed by atoms with Crippen molar-refractivity contribution in [2.45, 2.75) is 20.3 Å². The summed E-state index contributed by atoms with van der Waals surface area (Å²) in [6.45, 7) is 4.68. The first kappa shape index (κ1) is 20.0. The van der Waals surface area contributed by atoms with Crippen LogP contribution in [-0.4, -0.2) is 24.6 Å². The zero-order valence-electron chi connectivity index (χ0n) is 13.2. The molecule has 5 nitrogen and oxygen atoms in total. The van der Waals surface area contributed by atoms with Gasteiger partial charge in [0.15, 0.2) is 5.96 Å². The molecule has 8 heteroatoms. The second-order valence-electron chi connectivity index (χ2n) is 4.74. The summed E-state index contributed by atoms with van der Waals surface area (Å²) in [5.74, 6) is 0.975. The van der Waals surface area contributed by atoms with E-state index in [2.05, 4.69) is 22.2 Å². The third-order valence-electron chi connectivity index (χ3n) is 3.10. The molecule has 0 saturated heterocycles. The van der Waals surface area contributed by atoms with Crippen LogP contribution in [-0.2, 0) is 6.42 Å². The fourth-order valence-corrected chi connectivity index (χ4v) is 3.03. The van der Waals surface area contributed by atoms with Crippen LogP contribution in [0.1, 0.15) is 15.6 Å². The average Bonchev–Trinajstić information content (AvgIpc) is 2.78. The largest absolute Gasteiger partial charge is 0.495 e. The summed E-state index contributed by atoms with van der Waals surface area (Å²) in [4.78, 5) is 10.0. The van der Waals surface area contributed by atoms with E-state index in [0.717, 1.165) is 22.8 Å². The van der Waals surface area contributed by atoms with Crippen molar-refractivity contribution in [3.05, 3.63) is 38.8 Å². The number of benzene rings is 1. The number of guanidine groups is 1. The summed E-state index contributed by atoms with van der Waals surface area (Å²) in [6, 6.07) is 5.36. The van der Waals surface area contributed by atoms with Gasteiger partial charge in [0.1, 0.15) is 5.75 Å². The van der Waals surface area contributed by atoms with Crippen molar-refractivity contribution in [1.82, 2.24) is 4.98 Å². The lowest BCUT2D eigenvalue weighted by Crippen LogP contribution is -2.23. The van der Waals surface area contributed by atoms with E-state index in [4.69, 9.17) is 22.1 Å². The van der Waals surface area contributed by atoms with Crippen molar-refractivity contribution < 1.29 is 4.74 Å². The van der Waals surface area contributed by atoms with Gasteiger partial charge >= 0.3 is 0 Å². The third-order valence-corrected chi connectivity index (χ3v) is 4.53. The van der Waals surface area contributed by atoms with Gasteiger partial charge in [-0.1, -0.05) is 11.6 Å². The van der Waals surface area contributed by atoms with Gasteiger partial charge in [0.05, 0.1) is 22.8 Å². The van der Waals surface area contributed by atoms with Crippen molar-refractivity contribution >= 4 is 58.6 Å². The number of rotatable bonds is 5. The van der Waals surface area contributed by atoms with Crippen LogP contribution >= 0.6 is 46.9 Å². The van der Waals surface area contributed by atoms with E-state index in [1.165, 1.54) is 4.88 Å². The van der Waals surface area contributed by atoms with Gasteiger partial charge in [-0.3, -0.25) is 4.99 Å². The molecule has 0 aliphatic rings. The Labute approximate surface area is 162 Å². The molecular formula is C15H20ClIN4OS. The number of aryl methyl sites for hydroxylation is 2. The van der Waals surface area contributed by atoms with E-state index in [-0.39, 0.29) is 24.0 Å². The van der Waals surface area contributed by atoms with Crippen LogP contribution < -0.4 is 15.8 Å². The normalized spacial score (nSPS) is 11.0. The second-order valence-corrected chi connectivity index (χ2v) is 6.44. The highest BCUT2D eigenvalue weighted by atomic mass is 127. The number of halogens is 2. The Hall–Kier alpha value is -1.06. The number of anilines is 1. The van der Waals surface area contributed by atoms with Gasteiger partial charge in [-0.15, -0.1) is 35.3 Å². The molecular weight excluding hydrogens is 447 g/mol. The summed E-state index contributed by atoms with van der Waals surface area (Å²) in [5, 5.41) is 4.61. The fourth-order valence-electron chi connectivity index (χ4n) is 1.85. The number of ether oxygens (including phenoxy) is 1. The topological polar surface area (TPSA) is 72.5 Å². The van der Waals surface area contributed by atoms with Gasteiger partial charge in [0.25, 0.3) is 0 Å². The maximum atomic E-state index is 6.06. The van der Waals surface area contributed by atoms with Crippen molar-refractivity contribution in [3.8, 4) is 5.75 Å². The summed E-state index contributed by atoms with van der Waals surface area (Å²) in [5.41, 5.74) is 7.73. The van der Waals surface area contributed by atoms with Crippen molar-refractivity contribution in [1.29, 1.82) is 0 Å². The Morgan fingerprint density at radius 2 is 2.17 bits per heavy atom. The molecule has 0 saturated carbocycles. The molecule has 1 heterocycles. The number of aromatic nitrogens is 1. The van der Waals surface area contributed by atoms with Gasteiger partial charge < -0.3 is 15.8 Å². The van der Waals surface area contributed by atoms with E-state index >= 15 is 0 Å². The summed E-state index contributed by atoms with van der Waals surface area (Å²) in [7, 11) is 1.58. The van der Waals surface area contributed by atoms with Crippen LogP contribution in [0.2, 0.25) is 5.02 Å². The van der Waals surface area contributed by atoms with Crippen LogP contribution in [0, 0.1) is 13.8 Å². The molecule has 0 atom stereocenters. The van der Waals surface area contributed by atoms with Crippen LogP contribution in [0.25, 0.3) is 0 Å². The fraction of sp³-hybridized carbons (Fsp3) is 0.333. The Kier molecular flexibility index (Phi) is 8.07. The maximum absolute atomic E-state index is 6.06. The molecule has 0 bridgehead atoms. The highest BCUT2D eigenvalue weighted by molar-refractivity contribution is 14.0. The number of methoxy groups -OCH3 is 1. The molecule has 0 radical (unpaired) electrons. The molecule has 3 N–H and O–H groups in total. The number of aliphatic imine (C=N–C) groups is 1. The number of nitrogens with one attached hydrogen (secondary N) is 1. The smallest absolute Gasteiger partial charge is 0.193 e. The molecule has 0 spiro atoms. The molecule has 2 rings (SSSR count). The standard InChI is InChI=1S/C15H19ClN4OS.HI/c1-9-10(2)22-14(19-9)6-7-18-15(17)20-11-4-5-13(21-3)12(16)8-11;/h4-5,8H,6-7H2,1-3H3,(H3,17,18,20);1H. The monoisotopic (exact) mass is 466 g/mol. The Morgan fingerprint density at radius 3 is 2.74 bits per heavy atom. The van der Waals surface area contributed by atoms with Crippen molar-refractivity contribution in [3.63, 3.8) is 0 Å². The minimum Gasteiger partial charge on any atom is -0.495 e. The maximum Gasteiger partial charge on any atom is 0.193 e. The number of nitrogens with two attached hydrogens (primary N) is 1. The molecule has 23 heavy (non-hydrogen) atoms. The molecule has 0 aliphatic carbocycles. The van der Waals surface area contributed by atoms with Gasteiger partial charge in [-0.05, 0) is 32.0 Å². The van der Waals surface area contributed by atoms with Crippen LogP contribution in [0.3, 0.4) is 0 Å². The van der Waals surface area contributed by atoms with Crippen LogP contribution in [0.4, 0.5) is 5.69 Å². The Morgan fingerprint density at radius 1 is 1.43 bits per heavy atom. The highest BCUT2D eigenvalue weighted by Crippen LogP contribution is 2.27. The van der Waals surface area contributed by atoms with Gasteiger partial charge in [-0.2, -0.15) is 0 Å². The SMILES string of the molecule is COc1ccc(NC(N)=NCCc2nc(C)c(C)s2)cc1Cl.I. The predicted octanol–water partition coefficient (Wildman–Crippen LogP) is 4.01. The minimum atomic E-state index is 0. The molecule has 0 unspecified atom stereocenters. The van der Waals surface area contributed by atoms with E-state index in [1.54, 1.807) is 30.6 Å². The lowest BCUT2D eigenvalue weighted by atomic mass is 10.3. The number of thiazole rings is 1. The van der Waals surface area contributed by atoms with Gasteiger partial charge in [0, 0.05) is 23.5 Å². The first-order valence-corrected chi connectivity index (χ1v) is 8.02. The third kappa shape index (κ3) is 5.82. The van der Waals surface area contributed by atoms with E-state index in [1.807, 2.05) is 13.0 Å². The minimum absolute atomic E-state index is 0. The van der Waals surface area contributed by atoms with Gasteiger partial charge in [-0.25, -0.2) is 4.98 Å². The van der Waals surface area contributed by atoms with Gasteiger partial charge in [0.2, 0.25) is 0 Å². The summed E-state index contributed by atoms with van der Waals surface area (Å²) < 4.78 is 5.10. The lowest BCUT2D eigenvalue weighted by molar-refractivity contribution is 0.415. The lowest BCUT2D eigenvalue weighted by Gasteiger charge is -2.08. The average molecular weight is 467 g/mol. The summed E-state index contributed by atoms with van der Waals surface area (Å²) in [6.07, 6.45) is 0.783. The molecule has 0 fully saturated rings. The van der Waals surface area contributed by atoms with E-state index in [0.29, 0.717) is 23.3 Å². The van der Waals surface area contributed by atoms with E-state index in [9.17, 15) is 0 Å². The summed E-state index contributed by atoms with van der Waals surface area (Å²) >= 11 is 7.77. The van der Waals surface area contributed by atoms with Crippen LogP contribution in [0.15, 0.2) is 23.2 Å². The number of hydrogen-bond donors (Lipinski definition) is 2. The zero-order chi connectivity index (χ0) is 16.1. The molecule has 1 aromatic heterocycles. The molecule has 126 valence electrons. The zero-order valence-corrected chi connectivity index (χ0v) is 17.1. The predicted molar refractivity (Wildman–Crippen MR) is 109 cm³/mol. The quantitative estimate of drug-likeness (QED) is 0.397. The Bertz CT molecular complexity index is 671. The first-order chi connectivity index (χ1) is 10.5. The second kappa shape index (κ2) is 9.29.